The fourth-order valence-electron chi connectivity index (χ4n) is 3.30. The number of hydrogen-bond acceptors (Lipinski definition) is 6. The SMILES string of the molecule is O=C(CSc1cccc2cccnc12)NNC(=O)c1ccccc1OC[C@H]1CCCO1. The second-order valence-corrected chi connectivity index (χ2v) is 8.08. The maximum atomic E-state index is 12.6. The molecule has 8 heteroatoms. The number of hydrazine groups is 1. The molecular weight excluding hydrogens is 414 g/mol. The number of nitrogens with one attached hydrogen (secondary N) is 2. The van der Waals surface area contributed by atoms with E-state index in [1.165, 1.54) is 11.8 Å². The summed E-state index contributed by atoms with van der Waals surface area (Å²) in [5.41, 5.74) is 6.13. The average Bonchev–Trinajstić information content (AvgIpc) is 3.34. The summed E-state index contributed by atoms with van der Waals surface area (Å²) in [6, 6.07) is 16.6. The Labute approximate surface area is 184 Å². The Bertz CT molecular complexity index is 1060. The molecule has 0 radical (unpaired) electrons. The predicted octanol–water partition coefficient (Wildman–Crippen LogP) is 3.35. The molecule has 0 saturated carbocycles. The number of aromatic nitrogens is 1. The number of benzene rings is 2. The Morgan fingerprint density at radius 1 is 1.10 bits per heavy atom. The maximum Gasteiger partial charge on any atom is 0.273 e. The van der Waals surface area contributed by atoms with Gasteiger partial charge in [-0.2, -0.15) is 0 Å². The molecule has 2 amide bonds. The topological polar surface area (TPSA) is 89.6 Å². The summed E-state index contributed by atoms with van der Waals surface area (Å²) in [5, 5.41) is 1.01. The van der Waals surface area contributed by atoms with Gasteiger partial charge in [0.25, 0.3) is 5.91 Å². The molecule has 0 bridgehead atoms. The molecular formula is C23H23N3O4S. The van der Waals surface area contributed by atoms with Crippen LogP contribution in [-0.4, -0.2) is 41.9 Å². The highest BCUT2D eigenvalue weighted by Gasteiger charge is 2.18. The molecule has 4 rings (SSSR count). The zero-order valence-electron chi connectivity index (χ0n) is 16.9. The van der Waals surface area contributed by atoms with Crippen molar-refractivity contribution in [3.63, 3.8) is 0 Å². The maximum absolute atomic E-state index is 12.6. The highest BCUT2D eigenvalue weighted by molar-refractivity contribution is 8.00. The lowest BCUT2D eigenvalue weighted by Crippen LogP contribution is -2.42. The zero-order chi connectivity index (χ0) is 21.5. The summed E-state index contributed by atoms with van der Waals surface area (Å²) in [6.45, 7) is 1.14. The van der Waals surface area contributed by atoms with E-state index in [9.17, 15) is 9.59 Å². The molecule has 0 unspecified atom stereocenters. The molecule has 0 spiro atoms. The third-order valence-corrected chi connectivity index (χ3v) is 5.90. The summed E-state index contributed by atoms with van der Waals surface area (Å²) in [7, 11) is 0. The number of rotatable bonds is 7. The first kappa shape index (κ1) is 21.1. The lowest BCUT2D eigenvalue weighted by molar-refractivity contribution is -0.119. The van der Waals surface area contributed by atoms with Crippen molar-refractivity contribution in [3.8, 4) is 5.75 Å². The minimum Gasteiger partial charge on any atom is -0.490 e. The van der Waals surface area contributed by atoms with Crippen LogP contribution in [-0.2, 0) is 9.53 Å². The zero-order valence-corrected chi connectivity index (χ0v) is 17.7. The summed E-state index contributed by atoms with van der Waals surface area (Å²) < 4.78 is 11.3. The van der Waals surface area contributed by atoms with E-state index in [0.717, 1.165) is 35.2 Å². The van der Waals surface area contributed by atoms with Crippen LogP contribution >= 0.6 is 11.8 Å². The van der Waals surface area contributed by atoms with E-state index in [0.29, 0.717) is 17.9 Å². The van der Waals surface area contributed by atoms with Gasteiger partial charge in [0.15, 0.2) is 0 Å². The number of amides is 2. The molecule has 2 heterocycles. The predicted molar refractivity (Wildman–Crippen MR) is 119 cm³/mol. The molecule has 2 aromatic carbocycles. The second kappa shape index (κ2) is 10.3. The van der Waals surface area contributed by atoms with Crippen molar-refractivity contribution in [1.29, 1.82) is 0 Å². The molecule has 7 nitrogen and oxygen atoms in total. The Morgan fingerprint density at radius 2 is 1.97 bits per heavy atom. The first-order valence-corrected chi connectivity index (χ1v) is 11.1. The number of thioether (sulfide) groups is 1. The lowest BCUT2D eigenvalue weighted by atomic mass is 10.2. The Balaban J connectivity index is 1.30. The highest BCUT2D eigenvalue weighted by atomic mass is 32.2. The number of para-hydroxylation sites is 2. The van der Waals surface area contributed by atoms with Crippen LogP contribution in [0.5, 0.6) is 5.75 Å². The lowest BCUT2D eigenvalue weighted by Gasteiger charge is -2.14. The number of pyridine rings is 1. The second-order valence-electron chi connectivity index (χ2n) is 7.06. The van der Waals surface area contributed by atoms with Gasteiger partial charge in [-0.1, -0.05) is 30.3 Å². The summed E-state index contributed by atoms with van der Waals surface area (Å²) in [5.74, 6) is -0.147. The summed E-state index contributed by atoms with van der Waals surface area (Å²) in [4.78, 5) is 30.1. The average molecular weight is 438 g/mol. The van der Waals surface area contributed by atoms with Crippen LogP contribution < -0.4 is 15.6 Å². The Morgan fingerprint density at radius 3 is 2.84 bits per heavy atom. The smallest absolute Gasteiger partial charge is 0.273 e. The molecule has 160 valence electrons. The van der Waals surface area contributed by atoms with Gasteiger partial charge >= 0.3 is 0 Å². The number of carbonyl (C=O) groups is 2. The number of ether oxygens (including phenoxy) is 2. The van der Waals surface area contributed by atoms with Crippen molar-refractivity contribution in [1.82, 2.24) is 15.8 Å². The van der Waals surface area contributed by atoms with E-state index in [1.54, 1.807) is 30.5 Å². The van der Waals surface area contributed by atoms with Gasteiger partial charge in [-0.25, -0.2) is 0 Å². The van der Waals surface area contributed by atoms with Crippen LogP contribution in [0.4, 0.5) is 0 Å². The monoisotopic (exact) mass is 437 g/mol. The van der Waals surface area contributed by atoms with Crippen LogP contribution in [0.15, 0.2) is 65.7 Å². The number of nitrogens with zero attached hydrogens (tertiary/aromatic N) is 1. The van der Waals surface area contributed by atoms with E-state index in [2.05, 4.69) is 15.8 Å². The van der Waals surface area contributed by atoms with Gasteiger partial charge in [-0.15, -0.1) is 11.8 Å². The number of fused-ring (bicyclic) bond motifs is 1. The van der Waals surface area contributed by atoms with Crippen LogP contribution in [0.3, 0.4) is 0 Å². The van der Waals surface area contributed by atoms with Crippen molar-refractivity contribution in [2.24, 2.45) is 0 Å². The number of carbonyl (C=O) groups excluding carboxylic acids is 2. The van der Waals surface area contributed by atoms with Gasteiger partial charge in [0.2, 0.25) is 5.91 Å². The minimum atomic E-state index is -0.437. The van der Waals surface area contributed by atoms with Gasteiger partial charge in [-0.3, -0.25) is 25.4 Å². The molecule has 1 aliphatic rings. The molecule has 1 aliphatic heterocycles. The summed E-state index contributed by atoms with van der Waals surface area (Å²) >= 11 is 1.37. The molecule has 0 aliphatic carbocycles. The Hall–Kier alpha value is -3.10. The van der Waals surface area contributed by atoms with Crippen molar-refractivity contribution >= 4 is 34.5 Å². The van der Waals surface area contributed by atoms with Gasteiger partial charge < -0.3 is 9.47 Å². The molecule has 31 heavy (non-hydrogen) atoms. The van der Waals surface area contributed by atoms with Crippen LogP contribution in [0.25, 0.3) is 10.9 Å². The quantitative estimate of drug-likeness (QED) is 0.435. The van der Waals surface area contributed by atoms with Crippen LogP contribution in [0.1, 0.15) is 23.2 Å². The highest BCUT2D eigenvalue weighted by Crippen LogP contribution is 2.26. The number of hydrogen-bond donors (Lipinski definition) is 2. The Kier molecular flexibility index (Phi) is 7.01. The van der Waals surface area contributed by atoms with Crippen molar-refractivity contribution in [3.05, 3.63) is 66.4 Å². The first-order chi connectivity index (χ1) is 15.2. The van der Waals surface area contributed by atoms with E-state index in [1.807, 2.05) is 30.3 Å². The fourth-order valence-corrected chi connectivity index (χ4v) is 4.15. The molecule has 1 aromatic heterocycles. The molecule has 1 fully saturated rings. The van der Waals surface area contributed by atoms with E-state index < -0.39 is 5.91 Å². The van der Waals surface area contributed by atoms with Crippen molar-refractivity contribution in [2.45, 2.75) is 23.8 Å². The standard InChI is InChI=1S/C23H23N3O4S/c27-21(15-31-20-11-3-6-16-7-4-12-24-22(16)20)25-26-23(28)18-9-1-2-10-19(18)30-14-17-8-5-13-29-17/h1-4,6-7,9-12,17H,5,8,13-15H2,(H,25,27)(H,26,28)/t17-/m1/s1. The molecule has 1 atom stereocenters. The van der Waals surface area contributed by atoms with Crippen LogP contribution in [0.2, 0.25) is 0 Å². The van der Waals surface area contributed by atoms with Gasteiger partial charge in [-0.05, 0) is 37.1 Å². The minimum absolute atomic E-state index is 0.0522. The van der Waals surface area contributed by atoms with E-state index in [4.69, 9.17) is 9.47 Å². The summed E-state index contributed by atoms with van der Waals surface area (Å²) in [6.07, 6.45) is 3.75. The van der Waals surface area contributed by atoms with Crippen molar-refractivity contribution in [2.75, 3.05) is 19.0 Å². The normalized spacial score (nSPS) is 15.5. The molecule has 2 N–H and O–H groups in total. The van der Waals surface area contributed by atoms with Gasteiger partial charge in [0, 0.05) is 23.1 Å². The van der Waals surface area contributed by atoms with E-state index in [-0.39, 0.29) is 17.8 Å². The molecule has 3 aromatic rings. The van der Waals surface area contributed by atoms with Gasteiger partial charge in [0.05, 0.1) is 22.9 Å². The third-order valence-electron chi connectivity index (χ3n) is 4.85. The van der Waals surface area contributed by atoms with Gasteiger partial charge in [0.1, 0.15) is 12.4 Å². The first-order valence-electron chi connectivity index (χ1n) is 10.1. The van der Waals surface area contributed by atoms with Crippen molar-refractivity contribution < 1.29 is 19.1 Å². The third kappa shape index (κ3) is 5.53. The van der Waals surface area contributed by atoms with E-state index >= 15 is 0 Å². The fraction of sp³-hybridized carbons (Fsp3) is 0.261. The molecule has 1 saturated heterocycles. The van der Waals surface area contributed by atoms with Crippen LogP contribution in [0, 0.1) is 0 Å². The largest absolute Gasteiger partial charge is 0.490 e.